The van der Waals surface area contributed by atoms with E-state index in [0.29, 0.717) is 18.0 Å². The first-order chi connectivity index (χ1) is 15.8. The average Bonchev–Trinajstić information content (AvgIpc) is 3.12. The topological polar surface area (TPSA) is 53.9 Å². The summed E-state index contributed by atoms with van der Waals surface area (Å²) in [6.07, 6.45) is -3.59. The number of amides is 1. The third kappa shape index (κ3) is 3.74. The molecule has 1 fully saturated rings. The molecule has 1 unspecified atom stereocenters. The zero-order valence-corrected chi connectivity index (χ0v) is 20.4. The summed E-state index contributed by atoms with van der Waals surface area (Å²) >= 11 is 12.9. The number of amidine groups is 1. The molecule has 1 aromatic carbocycles. The van der Waals surface area contributed by atoms with Crippen LogP contribution in [0.4, 0.5) is 17.6 Å². The van der Waals surface area contributed by atoms with Crippen molar-refractivity contribution in [2.75, 3.05) is 0 Å². The molecule has 1 saturated carbocycles. The maximum absolute atomic E-state index is 14.2. The molecule has 1 N–H and O–H groups in total. The van der Waals surface area contributed by atoms with Crippen LogP contribution < -0.4 is 5.32 Å². The van der Waals surface area contributed by atoms with E-state index in [1.807, 2.05) is 13.8 Å². The van der Waals surface area contributed by atoms with Gasteiger partial charge in [-0.25, -0.2) is 4.39 Å². The zero-order chi connectivity index (χ0) is 24.6. The van der Waals surface area contributed by atoms with Crippen molar-refractivity contribution in [3.8, 4) is 0 Å². The van der Waals surface area contributed by atoms with E-state index in [2.05, 4.69) is 10.5 Å². The van der Waals surface area contributed by atoms with E-state index in [1.165, 1.54) is 11.3 Å². The van der Waals surface area contributed by atoms with Crippen molar-refractivity contribution in [1.82, 2.24) is 10.2 Å². The number of halogens is 6. The maximum atomic E-state index is 14.2. The fourth-order valence-electron chi connectivity index (χ4n) is 4.25. The lowest BCUT2D eigenvalue weighted by Crippen LogP contribution is -2.44. The Morgan fingerprint density at radius 1 is 1.24 bits per heavy atom. The number of carbonyl (C=O) groups is 1. The summed E-state index contributed by atoms with van der Waals surface area (Å²) in [5, 5.41) is 5.74. The molecule has 0 spiro atoms. The van der Waals surface area contributed by atoms with Crippen molar-refractivity contribution in [3.05, 3.63) is 54.4 Å². The van der Waals surface area contributed by atoms with Crippen LogP contribution in [0.15, 0.2) is 17.3 Å². The molecule has 0 saturated heterocycles. The minimum absolute atomic E-state index is 0.105. The van der Waals surface area contributed by atoms with Gasteiger partial charge in [-0.15, -0.1) is 11.3 Å². The number of hydrogen-bond donors (Lipinski definition) is 1. The molecular formula is C22H19Cl2F4N3O2S. The van der Waals surface area contributed by atoms with Crippen molar-refractivity contribution < 1.29 is 27.2 Å². The second-order valence-corrected chi connectivity index (χ2v) is 11.1. The SMILES string of the molecule is Cc1c(C(=O)NC2(C)CC2)sc2c1CN(C1=NOC(c3cc(Cl)c(F)c(Cl)c3)(C(F)(F)F)C1)C2. The standard InChI is InChI=1S/C22H19Cl2F4N3O2S/c1-10-12-8-31(9-15(12)34-18(10)19(32)29-20(2)3-4-20)16-7-21(33-30-16,22(26,27)28)11-5-13(23)17(25)14(24)6-11/h5-6H,3-4,7-9H2,1-2H3,(H,29,32). The molecule has 0 bridgehead atoms. The highest BCUT2D eigenvalue weighted by atomic mass is 35.5. The number of thiophene rings is 1. The van der Waals surface area contributed by atoms with Crippen LogP contribution >= 0.6 is 34.5 Å². The number of oxime groups is 1. The highest BCUT2D eigenvalue weighted by Gasteiger charge is 2.63. The molecule has 1 atom stereocenters. The van der Waals surface area contributed by atoms with Gasteiger partial charge >= 0.3 is 6.18 Å². The smallest absolute Gasteiger partial charge is 0.372 e. The molecule has 1 aliphatic carbocycles. The minimum Gasteiger partial charge on any atom is -0.372 e. The monoisotopic (exact) mass is 535 g/mol. The lowest BCUT2D eigenvalue weighted by Gasteiger charge is -2.30. The van der Waals surface area contributed by atoms with E-state index in [9.17, 15) is 22.4 Å². The third-order valence-electron chi connectivity index (χ3n) is 6.65. The zero-order valence-electron chi connectivity index (χ0n) is 18.1. The molecule has 2 aliphatic heterocycles. The van der Waals surface area contributed by atoms with Gasteiger partial charge in [0.25, 0.3) is 11.5 Å². The predicted octanol–water partition coefficient (Wildman–Crippen LogP) is 6.29. The number of nitrogens with zero attached hydrogens (tertiary/aromatic N) is 2. The molecule has 0 radical (unpaired) electrons. The summed E-state index contributed by atoms with van der Waals surface area (Å²) in [6.45, 7) is 4.46. The Morgan fingerprint density at radius 3 is 2.44 bits per heavy atom. The minimum atomic E-state index is -4.87. The molecule has 1 amide bonds. The van der Waals surface area contributed by atoms with Gasteiger partial charge in [0.2, 0.25) is 0 Å². The molecule has 12 heteroatoms. The number of alkyl halides is 3. The molecular weight excluding hydrogens is 517 g/mol. The summed E-state index contributed by atoms with van der Waals surface area (Å²) in [7, 11) is 0. The maximum Gasteiger partial charge on any atom is 0.435 e. The first-order valence-corrected chi connectivity index (χ1v) is 12.1. The fraction of sp³-hybridized carbons (Fsp3) is 0.455. The normalized spacial score (nSPS) is 22.9. The molecule has 3 heterocycles. The van der Waals surface area contributed by atoms with Crippen LogP contribution in [-0.2, 0) is 23.5 Å². The van der Waals surface area contributed by atoms with Crippen LogP contribution in [0, 0.1) is 12.7 Å². The Kier molecular flexibility index (Phi) is 5.39. The number of nitrogens with one attached hydrogen (secondary N) is 1. The van der Waals surface area contributed by atoms with Gasteiger partial charge in [0, 0.05) is 22.5 Å². The summed E-state index contributed by atoms with van der Waals surface area (Å²) in [6, 6.07) is 1.73. The van der Waals surface area contributed by atoms with Crippen molar-refractivity contribution in [3.63, 3.8) is 0 Å². The quantitative estimate of drug-likeness (QED) is 0.371. The van der Waals surface area contributed by atoms with Crippen molar-refractivity contribution in [2.45, 2.75) is 63.5 Å². The van der Waals surface area contributed by atoms with E-state index in [-0.39, 0.29) is 17.3 Å². The van der Waals surface area contributed by atoms with Gasteiger partial charge in [-0.2, -0.15) is 13.2 Å². The number of rotatable bonds is 3. The third-order valence-corrected chi connectivity index (χ3v) is 8.51. The Hall–Kier alpha value is -2.04. The van der Waals surface area contributed by atoms with Crippen LogP contribution in [-0.4, -0.2) is 28.4 Å². The van der Waals surface area contributed by atoms with E-state index in [0.717, 1.165) is 41.0 Å². The van der Waals surface area contributed by atoms with Crippen LogP contribution in [0.25, 0.3) is 0 Å². The van der Waals surface area contributed by atoms with Crippen molar-refractivity contribution in [1.29, 1.82) is 0 Å². The van der Waals surface area contributed by atoms with E-state index >= 15 is 0 Å². The number of hydrogen-bond acceptors (Lipinski definition) is 5. The summed E-state index contributed by atoms with van der Waals surface area (Å²) < 4.78 is 56.5. The van der Waals surface area contributed by atoms with Crippen LogP contribution in [0.5, 0.6) is 0 Å². The number of fused-ring (bicyclic) bond motifs is 1. The molecule has 34 heavy (non-hydrogen) atoms. The van der Waals surface area contributed by atoms with E-state index in [4.69, 9.17) is 28.0 Å². The summed E-state index contributed by atoms with van der Waals surface area (Å²) in [5.41, 5.74) is -1.67. The highest BCUT2D eigenvalue weighted by molar-refractivity contribution is 7.14. The van der Waals surface area contributed by atoms with E-state index in [1.54, 1.807) is 4.90 Å². The van der Waals surface area contributed by atoms with Gasteiger partial charge in [-0.1, -0.05) is 28.4 Å². The Morgan fingerprint density at radius 2 is 1.88 bits per heavy atom. The van der Waals surface area contributed by atoms with Gasteiger partial charge in [-0.05, 0) is 49.9 Å². The predicted molar refractivity (Wildman–Crippen MR) is 121 cm³/mol. The van der Waals surface area contributed by atoms with Crippen molar-refractivity contribution in [2.24, 2.45) is 5.16 Å². The largest absolute Gasteiger partial charge is 0.435 e. The van der Waals surface area contributed by atoms with Gasteiger partial charge < -0.3 is 15.1 Å². The highest BCUT2D eigenvalue weighted by Crippen LogP contribution is 2.50. The molecule has 2 aromatic rings. The summed E-state index contributed by atoms with van der Waals surface area (Å²) in [4.78, 5) is 20.9. The van der Waals surface area contributed by atoms with E-state index < -0.39 is 39.6 Å². The first-order valence-electron chi connectivity index (χ1n) is 10.5. The lowest BCUT2D eigenvalue weighted by molar-refractivity contribution is -0.275. The van der Waals surface area contributed by atoms with Gasteiger partial charge in [0.15, 0.2) is 5.82 Å². The molecule has 5 rings (SSSR count). The van der Waals surface area contributed by atoms with Crippen LogP contribution in [0.3, 0.4) is 0 Å². The summed E-state index contributed by atoms with van der Waals surface area (Å²) in [5.74, 6) is -1.02. The van der Waals surface area contributed by atoms with Gasteiger partial charge in [0.1, 0.15) is 5.84 Å². The second-order valence-electron chi connectivity index (χ2n) is 9.18. The second kappa shape index (κ2) is 7.73. The Labute approximate surface area is 206 Å². The first kappa shape index (κ1) is 23.7. The van der Waals surface area contributed by atoms with Crippen LogP contribution in [0.2, 0.25) is 10.0 Å². The average molecular weight is 536 g/mol. The molecule has 3 aliphatic rings. The Bertz CT molecular complexity index is 1220. The Balaban J connectivity index is 1.37. The van der Waals surface area contributed by atoms with Gasteiger partial charge in [-0.3, -0.25) is 4.79 Å². The number of carbonyl (C=O) groups excluding carboxylic acids is 1. The molecule has 5 nitrogen and oxygen atoms in total. The van der Waals surface area contributed by atoms with Crippen molar-refractivity contribution >= 4 is 46.3 Å². The van der Waals surface area contributed by atoms with Crippen LogP contribution in [0.1, 0.15) is 57.4 Å². The molecule has 182 valence electrons. The number of benzene rings is 1. The fourth-order valence-corrected chi connectivity index (χ4v) is 5.97. The molecule has 1 aromatic heterocycles. The van der Waals surface area contributed by atoms with Gasteiger partial charge in [0.05, 0.1) is 27.9 Å². The lowest BCUT2D eigenvalue weighted by atomic mass is 9.89.